The van der Waals surface area contributed by atoms with E-state index in [2.05, 4.69) is 15.4 Å². The molecule has 2 fully saturated rings. The van der Waals surface area contributed by atoms with Crippen LogP contribution >= 0.6 is 0 Å². The highest BCUT2D eigenvalue weighted by atomic mass is 16.1. The van der Waals surface area contributed by atoms with Crippen LogP contribution in [0.5, 0.6) is 0 Å². The lowest BCUT2D eigenvalue weighted by molar-refractivity contribution is 0.0995. The topological polar surface area (TPSA) is 71.2 Å². The van der Waals surface area contributed by atoms with E-state index in [1.165, 1.54) is 32.5 Å². The van der Waals surface area contributed by atoms with E-state index in [0.29, 0.717) is 5.69 Å². The minimum Gasteiger partial charge on any atom is -0.364 e. The molecule has 0 aliphatic carbocycles. The number of fused-ring (bicyclic) bond motifs is 2. The molecule has 2 saturated heterocycles. The highest BCUT2D eigenvalue weighted by Gasteiger charge is 2.25. The molecule has 3 heterocycles. The molecule has 0 aromatic carbocycles. The van der Waals surface area contributed by atoms with Gasteiger partial charge in [0.1, 0.15) is 5.69 Å². The van der Waals surface area contributed by atoms with Crippen molar-refractivity contribution >= 4 is 5.91 Å². The molecule has 1 aromatic heterocycles. The zero-order chi connectivity index (χ0) is 13.0. The zero-order valence-corrected chi connectivity index (χ0v) is 10.7. The Morgan fingerprint density at radius 3 is 2.94 bits per heavy atom. The molecular formula is C13H20N4O. The Morgan fingerprint density at radius 1 is 1.56 bits per heavy atom. The zero-order valence-electron chi connectivity index (χ0n) is 10.7. The Bertz CT molecular complexity index is 407. The van der Waals surface area contributed by atoms with Gasteiger partial charge >= 0.3 is 0 Å². The van der Waals surface area contributed by atoms with E-state index >= 15 is 0 Å². The summed E-state index contributed by atoms with van der Waals surface area (Å²) in [5.74, 6) is 0.550. The van der Waals surface area contributed by atoms with Gasteiger partial charge in [0.05, 0.1) is 0 Å². The van der Waals surface area contributed by atoms with E-state index in [1.54, 1.807) is 25.3 Å². The number of nitrogens with one attached hydrogen (secondary N) is 1. The maximum Gasteiger partial charge on any atom is 0.267 e. The van der Waals surface area contributed by atoms with Gasteiger partial charge in [-0.1, -0.05) is 6.07 Å². The second-order valence-electron chi connectivity index (χ2n) is 4.83. The number of rotatable bonds is 1. The number of hydrazine groups is 1. The summed E-state index contributed by atoms with van der Waals surface area (Å²) < 4.78 is 0. The Labute approximate surface area is 107 Å². The number of nitrogens with two attached hydrogens (primary N) is 1. The third-order valence-electron chi connectivity index (χ3n) is 3.42. The molecule has 2 aliphatic heterocycles. The number of aryl methyl sites for hydroxylation is 1. The van der Waals surface area contributed by atoms with Crippen LogP contribution in [0.25, 0.3) is 0 Å². The third kappa shape index (κ3) is 3.27. The van der Waals surface area contributed by atoms with Crippen molar-refractivity contribution in [2.24, 2.45) is 11.7 Å². The molecule has 3 rings (SSSR count). The van der Waals surface area contributed by atoms with Gasteiger partial charge in [0, 0.05) is 25.8 Å². The van der Waals surface area contributed by atoms with Gasteiger partial charge in [-0.25, -0.2) is 5.01 Å². The molecule has 1 amide bonds. The second kappa shape index (κ2) is 5.93. The van der Waals surface area contributed by atoms with Gasteiger partial charge in [-0.05, 0) is 37.3 Å². The van der Waals surface area contributed by atoms with Gasteiger partial charge in [0.2, 0.25) is 0 Å². The lowest BCUT2D eigenvalue weighted by Gasteiger charge is -2.22. The molecule has 2 aliphatic rings. The van der Waals surface area contributed by atoms with E-state index in [9.17, 15) is 4.79 Å². The molecule has 2 atom stereocenters. The number of hydrogen-bond donors (Lipinski definition) is 2. The lowest BCUT2D eigenvalue weighted by atomic mass is 10.1. The van der Waals surface area contributed by atoms with Crippen LogP contribution in [0.1, 0.15) is 28.9 Å². The lowest BCUT2D eigenvalue weighted by Crippen LogP contribution is -2.40. The van der Waals surface area contributed by atoms with Gasteiger partial charge in [0.15, 0.2) is 0 Å². The fourth-order valence-electron chi connectivity index (χ4n) is 2.38. The van der Waals surface area contributed by atoms with Crippen molar-refractivity contribution in [3.8, 4) is 0 Å². The van der Waals surface area contributed by atoms with Crippen LogP contribution in [0.3, 0.4) is 0 Å². The van der Waals surface area contributed by atoms with E-state index < -0.39 is 5.91 Å². The molecule has 5 nitrogen and oxygen atoms in total. The first-order valence-corrected chi connectivity index (χ1v) is 6.36. The predicted octanol–water partition coefficient (Wildman–Crippen LogP) is 0.706. The van der Waals surface area contributed by atoms with Crippen LogP contribution in [0, 0.1) is 12.8 Å². The number of nitrogens with zero attached hydrogens (tertiary/aromatic N) is 2. The van der Waals surface area contributed by atoms with E-state index in [-0.39, 0.29) is 0 Å². The van der Waals surface area contributed by atoms with Crippen LogP contribution in [0.4, 0.5) is 0 Å². The Kier molecular flexibility index (Phi) is 4.28. The van der Waals surface area contributed by atoms with E-state index in [4.69, 9.17) is 5.73 Å². The highest BCUT2D eigenvalue weighted by Crippen LogP contribution is 2.20. The van der Waals surface area contributed by atoms with Gasteiger partial charge in [-0.3, -0.25) is 15.2 Å². The average molecular weight is 248 g/mol. The first kappa shape index (κ1) is 13.0. The summed E-state index contributed by atoms with van der Waals surface area (Å²) in [4.78, 5) is 14.4. The standard InChI is InChI=1S/C7H8N2O.C6H12N2/c1-5-3-2-4-9-6(5)7(8)10;1-3-7-8-4-2-6(1)5-8/h2-4H,1H3,(H2,8,10);6-7H,1-5H2. The van der Waals surface area contributed by atoms with Crippen molar-refractivity contribution in [2.75, 3.05) is 19.6 Å². The molecule has 0 radical (unpaired) electrons. The molecule has 2 unspecified atom stereocenters. The summed E-state index contributed by atoms with van der Waals surface area (Å²) in [5, 5.41) is 2.34. The molecule has 1 aromatic rings. The maximum absolute atomic E-state index is 10.6. The third-order valence-corrected chi connectivity index (χ3v) is 3.42. The van der Waals surface area contributed by atoms with Crippen molar-refractivity contribution in [2.45, 2.75) is 19.8 Å². The minimum absolute atomic E-state index is 0.350. The molecule has 2 bridgehead atoms. The summed E-state index contributed by atoms with van der Waals surface area (Å²) in [5.41, 5.74) is 9.52. The van der Waals surface area contributed by atoms with Crippen molar-refractivity contribution in [1.29, 1.82) is 0 Å². The van der Waals surface area contributed by atoms with Gasteiger partial charge in [-0.15, -0.1) is 0 Å². The number of primary amides is 1. The molecule has 3 N–H and O–H groups in total. The summed E-state index contributed by atoms with van der Waals surface area (Å²) in [6, 6.07) is 3.56. The van der Waals surface area contributed by atoms with Gasteiger partial charge in [-0.2, -0.15) is 0 Å². The van der Waals surface area contributed by atoms with Crippen molar-refractivity contribution in [3.05, 3.63) is 29.6 Å². The summed E-state index contributed by atoms with van der Waals surface area (Å²) in [6.45, 7) is 5.60. The quantitative estimate of drug-likeness (QED) is 0.767. The fourth-order valence-corrected chi connectivity index (χ4v) is 2.38. The number of carbonyl (C=O) groups excluding carboxylic acids is 1. The normalized spacial score (nSPS) is 25.2. The average Bonchev–Trinajstić information content (AvgIpc) is 2.69. The molecule has 0 saturated carbocycles. The summed E-state index contributed by atoms with van der Waals surface area (Å²) >= 11 is 0. The van der Waals surface area contributed by atoms with Crippen LogP contribution in [0.2, 0.25) is 0 Å². The molecule has 0 spiro atoms. The van der Waals surface area contributed by atoms with Crippen LogP contribution < -0.4 is 11.2 Å². The number of aromatic nitrogens is 1. The minimum atomic E-state index is -0.474. The summed E-state index contributed by atoms with van der Waals surface area (Å²) in [7, 11) is 0. The van der Waals surface area contributed by atoms with Gasteiger partial charge < -0.3 is 5.73 Å². The molecule has 98 valence electrons. The van der Waals surface area contributed by atoms with Crippen LogP contribution in [-0.4, -0.2) is 35.5 Å². The largest absolute Gasteiger partial charge is 0.364 e. The maximum atomic E-state index is 10.6. The van der Waals surface area contributed by atoms with Crippen LogP contribution in [0.15, 0.2) is 18.3 Å². The van der Waals surface area contributed by atoms with Crippen molar-refractivity contribution in [3.63, 3.8) is 0 Å². The number of pyridine rings is 1. The molecule has 18 heavy (non-hydrogen) atoms. The predicted molar refractivity (Wildman–Crippen MR) is 69.8 cm³/mol. The molecular weight excluding hydrogens is 228 g/mol. The Morgan fingerprint density at radius 2 is 2.39 bits per heavy atom. The Balaban J connectivity index is 0.000000136. The molecule has 5 heteroatoms. The van der Waals surface area contributed by atoms with Crippen LogP contribution in [-0.2, 0) is 0 Å². The summed E-state index contributed by atoms with van der Waals surface area (Å²) in [6.07, 6.45) is 4.37. The van der Waals surface area contributed by atoms with E-state index in [0.717, 1.165) is 11.5 Å². The monoisotopic (exact) mass is 248 g/mol. The fraction of sp³-hybridized carbons (Fsp3) is 0.538. The number of carbonyl (C=O) groups is 1. The smallest absolute Gasteiger partial charge is 0.267 e. The number of amides is 1. The Hall–Kier alpha value is -1.46. The number of hydrogen-bond acceptors (Lipinski definition) is 4. The van der Waals surface area contributed by atoms with E-state index in [1.807, 2.05) is 0 Å². The highest BCUT2D eigenvalue weighted by molar-refractivity contribution is 5.92. The first-order valence-electron chi connectivity index (χ1n) is 6.36. The SMILES string of the molecule is C1CC2CCN(C2)N1.Cc1cccnc1C(N)=O. The van der Waals surface area contributed by atoms with Crippen molar-refractivity contribution in [1.82, 2.24) is 15.4 Å². The van der Waals surface area contributed by atoms with Crippen molar-refractivity contribution < 1.29 is 4.79 Å². The van der Waals surface area contributed by atoms with Gasteiger partial charge in [0.25, 0.3) is 5.91 Å². The first-order chi connectivity index (χ1) is 8.66. The second-order valence-corrected chi connectivity index (χ2v) is 4.83.